The summed E-state index contributed by atoms with van der Waals surface area (Å²) in [6, 6.07) is 11.6. The van der Waals surface area contributed by atoms with Crippen LogP contribution in [0.25, 0.3) is 0 Å². The van der Waals surface area contributed by atoms with E-state index in [2.05, 4.69) is 0 Å². The Hall–Kier alpha value is -1.81. The number of nitrogens with two attached hydrogens (primary N) is 1. The van der Waals surface area contributed by atoms with Crippen molar-refractivity contribution in [1.29, 1.82) is 0 Å². The van der Waals surface area contributed by atoms with Gasteiger partial charge in [0.2, 0.25) is 5.91 Å². The summed E-state index contributed by atoms with van der Waals surface area (Å²) in [6.45, 7) is 0.616. The van der Waals surface area contributed by atoms with Gasteiger partial charge in [0.1, 0.15) is 0 Å². The van der Waals surface area contributed by atoms with Gasteiger partial charge in [0, 0.05) is 24.2 Å². The number of amides is 1. The van der Waals surface area contributed by atoms with Crippen molar-refractivity contribution in [2.45, 2.75) is 13.0 Å². The highest BCUT2D eigenvalue weighted by Crippen LogP contribution is 2.12. The summed E-state index contributed by atoms with van der Waals surface area (Å²) < 4.78 is 0. The largest absolute Gasteiger partial charge is 0.399 e. The van der Waals surface area contributed by atoms with E-state index in [9.17, 15) is 4.79 Å². The summed E-state index contributed by atoms with van der Waals surface area (Å²) in [5.41, 5.74) is 7.46. The Kier molecular flexibility index (Phi) is 3.99. The number of nitrogens with zero attached hydrogens (tertiary/aromatic N) is 1. The number of likely N-dealkylation sites (N-methyl/N-ethyl adjacent to an activating group) is 1. The van der Waals surface area contributed by atoms with Crippen molar-refractivity contribution in [3.05, 3.63) is 52.2 Å². The van der Waals surface area contributed by atoms with Crippen molar-refractivity contribution in [3.63, 3.8) is 0 Å². The number of hydrogen-bond donors (Lipinski definition) is 1. The molecule has 0 bridgehead atoms. The van der Waals surface area contributed by atoms with E-state index in [1.54, 1.807) is 16.2 Å². The molecule has 0 radical (unpaired) electrons. The van der Waals surface area contributed by atoms with Gasteiger partial charge < -0.3 is 10.6 Å². The van der Waals surface area contributed by atoms with Gasteiger partial charge in [0.15, 0.2) is 0 Å². The lowest BCUT2D eigenvalue weighted by Gasteiger charge is -2.17. The van der Waals surface area contributed by atoms with Crippen LogP contribution >= 0.6 is 11.3 Å². The number of rotatable bonds is 4. The average molecular weight is 260 g/mol. The van der Waals surface area contributed by atoms with E-state index in [1.807, 2.05) is 48.8 Å². The van der Waals surface area contributed by atoms with Crippen LogP contribution in [0.2, 0.25) is 0 Å². The number of anilines is 1. The molecule has 0 aliphatic rings. The zero-order valence-electron chi connectivity index (χ0n) is 10.3. The first-order valence-corrected chi connectivity index (χ1v) is 6.64. The number of thiophene rings is 1. The fraction of sp³-hybridized carbons (Fsp3) is 0.214. The molecule has 0 unspecified atom stereocenters. The second-order valence-corrected chi connectivity index (χ2v) is 5.28. The summed E-state index contributed by atoms with van der Waals surface area (Å²) >= 11 is 1.61. The third-order valence-corrected chi connectivity index (χ3v) is 3.61. The molecule has 0 atom stereocenters. The lowest BCUT2D eigenvalue weighted by atomic mass is 10.2. The molecule has 0 saturated carbocycles. The van der Waals surface area contributed by atoms with Crippen LogP contribution in [0.15, 0.2) is 41.8 Å². The maximum absolute atomic E-state index is 12.0. The lowest BCUT2D eigenvalue weighted by molar-refractivity contribution is -0.129. The molecule has 94 valence electrons. The molecule has 0 aliphatic heterocycles. The van der Waals surface area contributed by atoms with Gasteiger partial charge in [-0.2, -0.15) is 0 Å². The van der Waals surface area contributed by atoms with Gasteiger partial charge in [-0.25, -0.2) is 0 Å². The fourth-order valence-corrected chi connectivity index (χ4v) is 2.38. The highest BCUT2D eigenvalue weighted by Gasteiger charge is 2.10. The smallest absolute Gasteiger partial charge is 0.227 e. The molecular formula is C14H16N2OS. The Balaban J connectivity index is 1.93. The molecule has 0 aliphatic carbocycles. The summed E-state index contributed by atoms with van der Waals surface area (Å²) in [5.74, 6) is 0.134. The van der Waals surface area contributed by atoms with Crippen LogP contribution in [0, 0.1) is 0 Å². The van der Waals surface area contributed by atoms with Crippen molar-refractivity contribution < 1.29 is 4.79 Å². The van der Waals surface area contributed by atoms with E-state index in [4.69, 9.17) is 5.73 Å². The normalized spacial score (nSPS) is 10.3. The molecule has 18 heavy (non-hydrogen) atoms. The van der Waals surface area contributed by atoms with Crippen LogP contribution in [0.3, 0.4) is 0 Å². The molecule has 1 aromatic heterocycles. The molecule has 0 fully saturated rings. The zero-order chi connectivity index (χ0) is 13.0. The van der Waals surface area contributed by atoms with Crippen LogP contribution < -0.4 is 5.73 Å². The molecule has 3 nitrogen and oxygen atoms in total. The van der Waals surface area contributed by atoms with Gasteiger partial charge in [-0.05, 0) is 29.1 Å². The van der Waals surface area contributed by atoms with Gasteiger partial charge in [0.25, 0.3) is 0 Å². The van der Waals surface area contributed by atoms with Crippen molar-refractivity contribution in [2.24, 2.45) is 0 Å². The van der Waals surface area contributed by atoms with Crippen molar-refractivity contribution in [1.82, 2.24) is 4.90 Å². The van der Waals surface area contributed by atoms with Gasteiger partial charge in [-0.3, -0.25) is 4.79 Å². The summed E-state index contributed by atoms with van der Waals surface area (Å²) in [5, 5.41) is 1.99. The highest BCUT2D eigenvalue weighted by atomic mass is 32.1. The Bertz CT molecular complexity index is 505. The molecule has 2 rings (SSSR count). The van der Waals surface area contributed by atoms with Crippen LogP contribution in [0.1, 0.15) is 10.4 Å². The molecule has 1 heterocycles. The van der Waals surface area contributed by atoms with Gasteiger partial charge >= 0.3 is 0 Å². The second kappa shape index (κ2) is 5.69. The number of carbonyl (C=O) groups excluding carboxylic acids is 1. The Labute approximate surface area is 111 Å². The van der Waals surface area contributed by atoms with E-state index in [0.717, 1.165) is 16.1 Å². The molecule has 2 N–H and O–H groups in total. The molecule has 2 aromatic rings. The first-order valence-electron chi connectivity index (χ1n) is 5.76. The van der Waals surface area contributed by atoms with Crippen LogP contribution in [-0.4, -0.2) is 17.9 Å². The van der Waals surface area contributed by atoms with E-state index in [-0.39, 0.29) is 5.91 Å². The predicted octanol–water partition coefficient (Wildman–Crippen LogP) is 2.53. The number of nitrogen functional groups attached to an aromatic ring is 1. The molecule has 4 heteroatoms. The fourth-order valence-electron chi connectivity index (χ4n) is 1.68. The van der Waals surface area contributed by atoms with Crippen molar-refractivity contribution in [3.8, 4) is 0 Å². The van der Waals surface area contributed by atoms with E-state index in [1.165, 1.54) is 0 Å². The minimum atomic E-state index is 0.134. The predicted molar refractivity (Wildman–Crippen MR) is 75.4 cm³/mol. The Morgan fingerprint density at radius 3 is 2.61 bits per heavy atom. The highest BCUT2D eigenvalue weighted by molar-refractivity contribution is 7.10. The van der Waals surface area contributed by atoms with Gasteiger partial charge in [-0.15, -0.1) is 11.3 Å². The number of benzene rings is 1. The maximum atomic E-state index is 12.0. The average Bonchev–Trinajstić information content (AvgIpc) is 2.85. The molecule has 1 aromatic carbocycles. The Morgan fingerprint density at radius 1 is 1.28 bits per heavy atom. The molecule has 1 amide bonds. The number of hydrogen-bond acceptors (Lipinski definition) is 3. The standard InChI is InChI=1S/C14H16N2OS/c1-16(10-11-4-6-12(15)7-5-11)14(17)9-13-3-2-8-18-13/h2-8H,9-10,15H2,1H3. The second-order valence-electron chi connectivity index (χ2n) is 4.25. The minimum absolute atomic E-state index is 0.134. The van der Waals surface area contributed by atoms with E-state index < -0.39 is 0 Å². The van der Waals surface area contributed by atoms with E-state index in [0.29, 0.717) is 13.0 Å². The maximum Gasteiger partial charge on any atom is 0.227 e. The molecule has 0 saturated heterocycles. The molecular weight excluding hydrogens is 244 g/mol. The topological polar surface area (TPSA) is 46.3 Å². The SMILES string of the molecule is CN(Cc1ccc(N)cc1)C(=O)Cc1cccs1. The van der Waals surface area contributed by atoms with Crippen molar-refractivity contribution >= 4 is 22.9 Å². The summed E-state index contributed by atoms with van der Waals surface area (Å²) in [7, 11) is 1.83. The van der Waals surface area contributed by atoms with Gasteiger partial charge in [-0.1, -0.05) is 18.2 Å². The Morgan fingerprint density at radius 2 is 2.00 bits per heavy atom. The zero-order valence-corrected chi connectivity index (χ0v) is 11.1. The van der Waals surface area contributed by atoms with Crippen LogP contribution in [-0.2, 0) is 17.8 Å². The summed E-state index contributed by atoms with van der Waals surface area (Å²) in [4.78, 5) is 14.8. The first kappa shape index (κ1) is 12.6. The monoisotopic (exact) mass is 260 g/mol. The van der Waals surface area contributed by atoms with Gasteiger partial charge in [0.05, 0.1) is 6.42 Å². The summed E-state index contributed by atoms with van der Waals surface area (Å²) in [6.07, 6.45) is 0.475. The van der Waals surface area contributed by atoms with E-state index >= 15 is 0 Å². The van der Waals surface area contributed by atoms with Crippen LogP contribution in [0.4, 0.5) is 5.69 Å². The number of carbonyl (C=O) groups is 1. The minimum Gasteiger partial charge on any atom is -0.399 e. The lowest BCUT2D eigenvalue weighted by Crippen LogP contribution is -2.27. The van der Waals surface area contributed by atoms with Crippen molar-refractivity contribution in [2.75, 3.05) is 12.8 Å². The third-order valence-electron chi connectivity index (χ3n) is 2.73. The third kappa shape index (κ3) is 3.34. The van der Waals surface area contributed by atoms with Crippen LogP contribution in [0.5, 0.6) is 0 Å². The molecule has 0 spiro atoms. The first-order chi connectivity index (χ1) is 8.65. The quantitative estimate of drug-likeness (QED) is 0.859.